The lowest BCUT2D eigenvalue weighted by Gasteiger charge is -2.17. The predicted molar refractivity (Wildman–Crippen MR) is 178 cm³/mol. The lowest BCUT2D eigenvalue weighted by atomic mass is 9.87. The summed E-state index contributed by atoms with van der Waals surface area (Å²) in [6.07, 6.45) is 0. The normalized spacial score (nSPS) is 11.3. The maximum absolute atomic E-state index is 9.73. The van der Waals surface area contributed by atoms with Crippen LogP contribution in [0.3, 0.4) is 0 Å². The number of thiophene rings is 2. The molecule has 0 unspecified atom stereocenters. The SMILES string of the molecule is N#Cc1cccc(-c2c(-c3ccc4c(c3)sc3ccccc34)cccc2-c2ccc3c(c2)sc2ccc(C#N)cc23)c1. The molecule has 4 heteroatoms. The molecule has 0 fully saturated rings. The van der Waals surface area contributed by atoms with E-state index in [9.17, 15) is 10.5 Å². The van der Waals surface area contributed by atoms with Gasteiger partial charge in [0.1, 0.15) is 0 Å². The van der Waals surface area contributed by atoms with Crippen LogP contribution in [0, 0.1) is 22.7 Å². The van der Waals surface area contributed by atoms with E-state index in [1.54, 1.807) is 11.3 Å². The summed E-state index contributed by atoms with van der Waals surface area (Å²) >= 11 is 3.57. The first-order chi connectivity index (χ1) is 20.7. The molecule has 6 aromatic carbocycles. The Morgan fingerprint density at radius 1 is 0.405 bits per heavy atom. The molecule has 0 atom stereocenters. The van der Waals surface area contributed by atoms with E-state index in [1.807, 2.05) is 47.7 Å². The highest BCUT2D eigenvalue weighted by Gasteiger charge is 2.17. The molecular formula is C38H20N2S2. The molecule has 42 heavy (non-hydrogen) atoms. The molecule has 0 bridgehead atoms. The Morgan fingerprint density at radius 2 is 1.00 bits per heavy atom. The van der Waals surface area contributed by atoms with Gasteiger partial charge in [-0.25, -0.2) is 0 Å². The van der Waals surface area contributed by atoms with E-state index in [2.05, 4.69) is 97.1 Å². The second-order valence-corrected chi connectivity index (χ2v) is 12.5. The molecule has 2 aromatic heterocycles. The summed E-state index contributed by atoms with van der Waals surface area (Å²) in [6, 6.07) is 46.9. The average Bonchev–Trinajstić information content (AvgIpc) is 3.61. The van der Waals surface area contributed by atoms with Crippen LogP contribution < -0.4 is 0 Å². The van der Waals surface area contributed by atoms with Gasteiger partial charge in [0, 0.05) is 40.3 Å². The Labute approximate surface area is 250 Å². The van der Waals surface area contributed by atoms with Crippen LogP contribution in [0.4, 0.5) is 0 Å². The Morgan fingerprint density at radius 3 is 1.71 bits per heavy atom. The molecule has 0 saturated heterocycles. The van der Waals surface area contributed by atoms with Crippen molar-refractivity contribution in [1.29, 1.82) is 10.5 Å². The average molecular weight is 569 g/mol. The first-order valence-electron chi connectivity index (χ1n) is 13.6. The van der Waals surface area contributed by atoms with E-state index in [-0.39, 0.29) is 0 Å². The molecule has 0 radical (unpaired) electrons. The van der Waals surface area contributed by atoms with Crippen molar-refractivity contribution in [3.63, 3.8) is 0 Å². The maximum atomic E-state index is 9.73. The van der Waals surface area contributed by atoms with E-state index in [1.165, 1.54) is 29.6 Å². The first-order valence-corrected chi connectivity index (χ1v) is 15.3. The van der Waals surface area contributed by atoms with Gasteiger partial charge >= 0.3 is 0 Å². The molecule has 0 spiro atoms. The fourth-order valence-electron chi connectivity index (χ4n) is 6.00. The predicted octanol–water partition coefficient (Wildman–Crippen LogP) is 11.2. The van der Waals surface area contributed by atoms with Gasteiger partial charge in [-0.1, -0.05) is 72.8 Å². The first kappa shape index (κ1) is 24.5. The third-order valence-corrected chi connectivity index (χ3v) is 10.2. The van der Waals surface area contributed by atoms with Crippen LogP contribution >= 0.6 is 22.7 Å². The number of nitrogens with zero attached hydrogens (tertiary/aromatic N) is 2. The Kier molecular flexibility index (Phi) is 5.66. The third kappa shape index (κ3) is 3.90. The van der Waals surface area contributed by atoms with Crippen LogP contribution in [0.15, 0.2) is 121 Å². The monoisotopic (exact) mass is 568 g/mol. The Bertz CT molecular complexity index is 2450. The smallest absolute Gasteiger partial charge is 0.0991 e. The van der Waals surface area contributed by atoms with Crippen molar-refractivity contribution in [1.82, 2.24) is 0 Å². The van der Waals surface area contributed by atoms with Crippen molar-refractivity contribution in [2.45, 2.75) is 0 Å². The van der Waals surface area contributed by atoms with Crippen LogP contribution in [-0.2, 0) is 0 Å². The highest BCUT2D eigenvalue weighted by molar-refractivity contribution is 7.26. The Balaban J connectivity index is 1.37. The quantitative estimate of drug-likeness (QED) is 0.213. The topological polar surface area (TPSA) is 47.6 Å². The van der Waals surface area contributed by atoms with Crippen molar-refractivity contribution >= 4 is 63.0 Å². The van der Waals surface area contributed by atoms with Gasteiger partial charge in [-0.2, -0.15) is 10.5 Å². The van der Waals surface area contributed by atoms with Gasteiger partial charge in [0.05, 0.1) is 23.3 Å². The minimum atomic E-state index is 0.640. The standard InChI is InChI=1S/C38H20N2S2/c39-21-23-5-3-6-27(17-23)38-28(25-12-14-31-30-7-1-2-10-34(30)41-36(31)19-25)8-4-9-29(38)26-13-15-32-33-18-24(22-40)11-16-35(33)42-37(32)20-26/h1-20H. The van der Waals surface area contributed by atoms with Crippen molar-refractivity contribution in [3.05, 3.63) is 132 Å². The van der Waals surface area contributed by atoms with Crippen LogP contribution in [-0.4, -0.2) is 0 Å². The fourth-order valence-corrected chi connectivity index (χ4v) is 8.27. The zero-order valence-electron chi connectivity index (χ0n) is 22.3. The zero-order valence-corrected chi connectivity index (χ0v) is 23.9. The molecule has 0 N–H and O–H groups in total. The molecular weight excluding hydrogens is 549 g/mol. The summed E-state index contributed by atoms with van der Waals surface area (Å²) in [5.74, 6) is 0. The molecule has 0 amide bonds. The highest BCUT2D eigenvalue weighted by atomic mass is 32.1. The molecule has 8 rings (SSSR count). The largest absolute Gasteiger partial charge is 0.192 e. The van der Waals surface area contributed by atoms with E-state index < -0.39 is 0 Å². The lowest BCUT2D eigenvalue weighted by Crippen LogP contribution is -1.91. The van der Waals surface area contributed by atoms with Gasteiger partial charge in [0.25, 0.3) is 0 Å². The zero-order chi connectivity index (χ0) is 28.2. The molecule has 0 aliphatic carbocycles. The summed E-state index contributed by atoms with van der Waals surface area (Å²) in [7, 11) is 0. The fraction of sp³-hybridized carbons (Fsp3) is 0. The summed E-state index contributed by atoms with van der Waals surface area (Å²) in [5.41, 5.74) is 7.98. The lowest BCUT2D eigenvalue weighted by molar-refractivity contribution is 1.48. The van der Waals surface area contributed by atoms with Gasteiger partial charge in [-0.3, -0.25) is 0 Å². The van der Waals surface area contributed by atoms with Crippen molar-refractivity contribution in [2.24, 2.45) is 0 Å². The number of benzene rings is 6. The number of rotatable bonds is 3. The van der Waals surface area contributed by atoms with E-state index >= 15 is 0 Å². The number of fused-ring (bicyclic) bond motifs is 6. The van der Waals surface area contributed by atoms with Crippen LogP contribution in [0.2, 0.25) is 0 Å². The molecule has 0 saturated carbocycles. The highest BCUT2D eigenvalue weighted by Crippen LogP contribution is 2.44. The maximum Gasteiger partial charge on any atom is 0.0991 e. The van der Waals surface area contributed by atoms with Crippen LogP contribution in [0.5, 0.6) is 0 Å². The minimum Gasteiger partial charge on any atom is -0.192 e. The second kappa shape index (κ2) is 9.68. The van der Waals surface area contributed by atoms with Crippen LogP contribution in [0.1, 0.15) is 11.1 Å². The van der Waals surface area contributed by atoms with Gasteiger partial charge < -0.3 is 0 Å². The third-order valence-electron chi connectivity index (χ3n) is 7.95. The van der Waals surface area contributed by atoms with E-state index in [0.717, 1.165) is 44.2 Å². The summed E-state index contributed by atoms with van der Waals surface area (Å²) in [4.78, 5) is 0. The van der Waals surface area contributed by atoms with E-state index in [4.69, 9.17) is 0 Å². The molecule has 2 heterocycles. The van der Waals surface area contributed by atoms with Crippen LogP contribution in [0.25, 0.3) is 73.7 Å². The summed E-state index contributed by atoms with van der Waals surface area (Å²) in [6.45, 7) is 0. The molecule has 2 nitrogen and oxygen atoms in total. The second-order valence-electron chi connectivity index (χ2n) is 10.4. The molecule has 0 aliphatic heterocycles. The van der Waals surface area contributed by atoms with Gasteiger partial charge in [-0.15, -0.1) is 22.7 Å². The number of hydrogen-bond donors (Lipinski definition) is 0. The van der Waals surface area contributed by atoms with Gasteiger partial charge in [-0.05, 0) is 81.9 Å². The summed E-state index contributed by atoms with van der Waals surface area (Å²) in [5, 5.41) is 24.0. The molecule has 8 aromatic rings. The number of nitriles is 2. The van der Waals surface area contributed by atoms with Crippen molar-refractivity contribution in [2.75, 3.05) is 0 Å². The van der Waals surface area contributed by atoms with Crippen molar-refractivity contribution < 1.29 is 0 Å². The summed E-state index contributed by atoms with van der Waals surface area (Å²) < 4.78 is 4.91. The van der Waals surface area contributed by atoms with Gasteiger partial charge in [0.15, 0.2) is 0 Å². The molecule has 0 aliphatic rings. The Hall–Kier alpha value is -5.26. The molecule has 194 valence electrons. The van der Waals surface area contributed by atoms with Crippen molar-refractivity contribution in [3.8, 4) is 45.5 Å². The van der Waals surface area contributed by atoms with E-state index in [0.29, 0.717) is 11.1 Å². The number of hydrogen-bond acceptors (Lipinski definition) is 4. The van der Waals surface area contributed by atoms with Gasteiger partial charge in [0.2, 0.25) is 0 Å². The minimum absolute atomic E-state index is 0.640.